The first-order chi connectivity index (χ1) is 6.66. The average molecular weight is 357 g/mol. The highest BCUT2D eigenvalue weighted by molar-refractivity contribution is 14.1. The monoisotopic (exact) mass is 356 g/mol. The second-order valence-corrected chi connectivity index (χ2v) is 6.03. The smallest absolute Gasteiger partial charge is 0.137 e. The van der Waals surface area contributed by atoms with Crippen LogP contribution in [0.25, 0.3) is 10.6 Å². The van der Waals surface area contributed by atoms with Crippen LogP contribution in [0.4, 0.5) is 0 Å². The molecule has 0 saturated heterocycles. The number of aromatic nitrogens is 2. The summed E-state index contributed by atoms with van der Waals surface area (Å²) in [5.74, 6) is 0. The van der Waals surface area contributed by atoms with Crippen molar-refractivity contribution in [2.75, 3.05) is 0 Å². The lowest BCUT2D eigenvalue weighted by Gasteiger charge is -1.97. The molecule has 0 amide bonds. The molecule has 0 unspecified atom stereocenters. The minimum absolute atomic E-state index is 0.536. The molecule has 2 aromatic rings. The number of hydrogen-bond acceptors (Lipinski definition) is 3. The van der Waals surface area contributed by atoms with Gasteiger partial charge < -0.3 is 0 Å². The van der Waals surface area contributed by atoms with Crippen molar-refractivity contribution in [2.24, 2.45) is 0 Å². The molecule has 0 bridgehead atoms. The Morgan fingerprint density at radius 2 is 1.93 bits per heavy atom. The molecule has 0 fully saturated rings. The fourth-order valence-corrected chi connectivity index (χ4v) is 2.55. The SMILES string of the molecule is Clc1ccc(-c2nnc(I)s2)cc1Cl. The van der Waals surface area contributed by atoms with E-state index in [2.05, 4.69) is 32.8 Å². The van der Waals surface area contributed by atoms with Crippen molar-refractivity contribution in [2.45, 2.75) is 0 Å². The van der Waals surface area contributed by atoms with E-state index in [0.717, 1.165) is 13.6 Å². The molecule has 0 radical (unpaired) electrons. The molecule has 1 aromatic carbocycles. The predicted molar refractivity (Wildman–Crippen MR) is 68.1 cm³/mol. The summed E-state index contributed by atoms with van der Waals surface area (Å²) in [5, 5.41) is 9.88. The van der Waals surface area contributed by atoms with E-state index in [-0.39, 0.29) is 0 Å². The summed E-state index contributed by atoms with van der Waals surface area (Å²) >= 11 is 15.3. The Hall–Kier alpha value is 0.0900. The van der Waals surface area contributed by atoms with Gasteiger partial charge in [0.1, 0.15) is 5.01 Å². The van der Waals surface area contributed by atoms with Gasteiger partial charge in [-0.1, -0.05) is 40.6 Å². The molecular weight excluding hydrogens is 354 g/mol. The van der Waals surface area contributed by atoms with Crippen molar-refractivity contribution in [1.29, 1.82) is 0 Å². The van der Waals surface area contributed by atoms with Crippen LogP contribution in [-0.2, 0) is 0 Å². The fraction of sp³-hybridized carbons (Fsp3) is 0. The van der Waals surface area contributed by atoms with Crippen molar-refractivity contribution in [3.8, 4) is 10.6 Å². The summed E-state index contributed by atoms with van der Waals surface area (Å²) in [6.07, 6.45) is 0. The molecule has 0 aliphatic heterocycles. The first kappa shape index (κ1) is 10.6. The minimum atomic E-state index is 0.536. The van der Waals surface area contributed by atoms with Crippen LogP contribution < -0.4 is 0 Å². The highest BCUT2D eigenvalue weighted by atomic mass is 127. The molecule has 1 heterocycles. The van der Waals surface area contributed by atoms with Gasteiger partial charge in [-0.25, -0.2) is 0 Å². The van der Waals surface area contributed by atoms with Crippen LogP contribution >= 0.6 is 57.1 Å². The molecule has 0 saturated carbocycles. The van der Waals surface area contributed by atoms with E-state index in [0.29, 0.717) is 10.0 Å². The third-order valence-corrected chi connectivity index (χ3v) is 3.94. The first-order valence-electron chi connectivity index (χ1n) is 3.61. The lowest BCUT2D eigenvalue weighted by molar-refractivity contribution is 1.07. The zero-order valence-electron chi connectivity index (χ0n) is 6.67. The summed E-state index contributed by atoms with van der Waals surface area (Å²) < 4.78 is 0.906. The van der Waals surface area contributed by atoms with Crippen LogP contribution in [0.1, 0.15) is 0 Å². The van der Waals surface area contributed by atoms with Crippen LogP contribution in [0, 0.1) is 3.01 Å². The maximum absolute atomic E-state index is 5.89. The quantitative estimate of drug-likeness (QED) is 0.718. The van der Waals surface area contributed by atoms with Crippen LogP contribution in [-0.4, -0.2) is 10.2 Å². The molecule has 0 spiro atoms. The lowest BCUT2D eigenvalue weighted by Crippen LogP contribution is -1.77. The fourth-order valence-electron chi connectivity index (χ4n) is 0.951. The highest BCUT2D eigenvalue weighted by Gasteiger charge is 2.06. The first-order valence-corrected chi connectivity index (χ1v) is 6.26. The highest BCUT2D eigenvalue weighted by Crippen LogP contribution is 2.30. The summed E-state index contributed by atoms with van der Waals surface area (Å²) in [6.45, 7) is 0. The maximum Gasteiger partial charge on any atom is 0.178 e. The molecule has 2 nitrogen and oxygen atoms in total. The van der Waals surface area contributed by atoms with E-state index >= 15 is 0 Å². The summed E-state index contributed by atoms with van der Waals surface area (Å²) in [6, 6.07) is 5.43. The zero-order chi connectivity index (χ0) is 10.1. The molecule has 1 aromatic heterocycles. The standard InChI is InChI=1S/C8H3Cl2IN2S/c9-5-2-1-4(3-6(5)10)7-12-13-8(11)14-7/h1-3H. The Bertz CT molecular complexity index is 472. The maximum atomic E-state index is 5.89. The summed E-state index contributed by atoms with van der Waals surface area (Å²) in [5.41, 5.74) is 0.944. The Kier molecular flexibility index (Phi) is 3.26. The normalized spacial score (nSPS) is 10.5. The molecule has 0 aliphatic rings. The van der Waals surface area contributed by atoms with E-state index in [1.165, 1.54) is 11.3 Å². The van der Waals surface area contributed by atoms with Crippen molar-refractivity contribution in [1.82, 2.24) is 10.2 Å². The number of benzene rings is 1. The van der Waals surface area contributed by atoms with Crippen molar-refractivity contribution in [3.63, 3.8) is 0 Å². The molecule has 72 valence electrons. The Balaban J connectivity index is 2.47. The number of nitrogens with zero attached hydrogens (tertiary/aromatic N) is 2. The van der Waals surface area contributed by atoms with Crippen molar-refractivity contribution in [3.05, 3.63) is 31.3 Å². The van der Waals surface area contributed by atoms with Crippen molar-refractivity contribution < 1.29 is 0 Å². The largest absolute Gasteiger partial charge is 0.178 e. The summed E-state index contributed by atoms with van der Waals surface area (Å²) in [4.78, 5) is 0. The molecule has 6 heteroatoms. The van der Waals surface area contributed by atoms with Crippen LogP contribution in [0.2, 0.25) is 10.0 Å². The van der Waals surface area contributed by atoms with E-state index in [9.17, 15) is 0 Å². The third-order valence-electron chi connectivity index (χ3n) is 1.57. The zero-order valence-corrected chi connectivity index (χ0v) is 11.2. The molecule has 0 aliphatic carbocycles. The molecule has 14 heavy (non-hydrogen) atoms. The summed E-state index contributed by atoms with van der Waals surface area (Å²) in [7, 11) is 0. The van der Waals surface area contributed by atoms with Crippen LogP contribution in [0.3, 0.4) is 0 Å². The predicted octanol–water partition coefficient (Wildman–Crippen LogP) is 4.12. The van der Waals surface area contributed by atoms with Gasteiger partial charge >= 0.3 is 0 Å². The lowest BCUT2D eigenvalue weighted by atomic mass is 10.2. The number of rotatable bonds is 1. The van der Waals surface area contributed by atoms with Crippen molar-refractivity contribution >= 4 is 57.1 Å². The minimum Gasteiger partial charge on any atom is -0.137 e. The number of halogens is 3. The van der Waals surface area contributed by atoms with Gasteiger partial charge in [0.2, 0.25) is 0 Å². The van der Waals surface area contributed by atoms with Gasteiger partial charge in [-0.3, -0.25) is 0 Å². The molecular formula is C8H3Cl2IN2S. The Labute approximate surface area is 108 Å². The van der Waals surface area contributed by atoms with Gasteiger partial charge in [0.05, 0.1) is 10.0 Å². The van der Waals surface area contributed by atoms with E-state index < -0.39 is 0 Å². The second kappa shape index (κ2) is 4.30. The van der Waals surface area contributed by atoms with E-state index in [1.54, 1.807) is 12.1 Å². The molecule has 0 N–H and O–H groups in total. The third kappa shape index (κ3) is 2.18. The van der Waals surface area contributed by atoms with E-state index in [1.807, 2.05) is 6.07 Å². The van der Waals surface area contributed by atoms with Gasteiger partial charge in [0, 0.05) is 5.56 Å². The van der Waals surface area contributed by atoms with E-state index in [4.69, 9.17) is 23.2 Å². The molecule has 2 rings (SSSR count). The van der Waals surface area contributed by atoms with Crippen LogP contribution in [0.15, 0.2) is 18.2 Å². The Morgan fingerprint density at radius 3 is 2.50 bits per heavy atom. The number of hydrogen-bond donors (Lipinski definition) is 0. The van der Waals surface area contributed by atoms with Gasteiger partial charge in [-0.05, 0) is 34.7 Å². The second-order valence-electron chi connectivity index (χ2n) is 2.49. The Morgan fingerprint density at radius 1 is 1.14 bits per heavy atom. The average Bonchev–Trinajstić information content (AvgIpc) is 2.57. The van der Waals surface area contributed by atoms with Gasteiger partial charge in [0.25, 0.3) is 0 Å². The van der Waals surface area contributed by atoms with Gasteiger partial charge in [-0.2, -0.15) is 0 Å². The topological polar surface area (TPSA) is 25.8 Å². The van der Waals surface area contributed by atoms with Gasteiger partial charge in [0.15, 0.2) is 3.01 Å². The molecule has 0 atom stereocenters. The van der Waals surface area contributed by atoms with Gasteiger partial charge in [-0.15, -0.1) is 10.2 Å². The van der Waals surface area contributed by atoms with Crippen LogP contribution in [0.5, 0.6) is 0 Å².